The molecule has 0 heterocycles. The van der Waals surface area contributed by atoms with Crippen molar-refractivity contribution in [3.05, 3.63) is 35.9 Å². The van der Waals surface area contributed by atoms with Crippen LogP contribution in [0.25, 0.3) is 0 Å². The zero-order valence-electron chi connectivity index (χ0n) is 10.2. The van der Waals surface area contributed by atoms with E-state index < -0.39 is 5.60 Å². The molecular weight excluding hydrogens is 208 g/mol. The number of hydrogen-bond donors (Lipinski definition) is 2. The zero-order chi connectivity index (χ0) is 12.6. The fraction of sp³-hybridized carbons (Fsp3) is 0.500. The van der Waals surface area contributed by atoms with E-state index in [9.17, 15) is 0 Å². The number of hydrogen-bond acceptors (Lipinski definition) is 4. The van der Waals surface area contributed by atoms with Gasteiger partial charge in [0.1, 0.15) is 6.10 Å². The maximum atomic E-state index is 8.29. The van der Waals surface area contributed by atoms with Gasteiger partial charge in [-0.15, -0.1) is 0 Å². The van der Waals surface area contributed by atoms with Crippen LogP contribution in [-0.2, 0) is 9.78 Å². The lowest BCUT2D eigenvalue weighted by atomic mass is 10.1. The van der Waals surface area contributed by atoms with Crippen LogP contribution < -0.4 is 0 Å². The van der Waals surface area contributed by atoms with Crippen molar-refractivity contribution < 1.29 is 20.3 Å². The second-order valence-corrected chi connectivity index (χ2v) is 4.36. The molecular formula is C12H20O4. The van der Waals surface area contributed by atoms with Gasteiger partial charge in [-0.1, -0.05) is 30.3 Å². The molecule has 0 aliphatic heterocycles. The van der Waals surface area contributed by atoms with E-state index in [0.717, 1.165) is 5.56 Å². The van der Waals surface area contributed by atoms with Crippen molar-refractivity contribution in [2.45, 2.75) is 39.4 Å². The molecule has 4 nitrogen and oxygen atoms in total. The average molecular weight is 228 g/mol. The van der Waals surface area contributed by atoms with Crippen LogP contribution in [0.15, 0.2) is 30.3 Å². The molecule has 1 atom stereocenters. The van der Waals surface area contributed by atoms with Gasteiger partial charge in [0.05, 0.1) is 5.60 Å². The van der Waals surface area contributed by atoms with Crippen molar-refractivity contribution in [1.82, 2.24) is 0 Å². The van der Waals surface area contributed by atoms with Crippen molar-refractivity contribution in [1.29, 1.82) is 0 Å². The SMILES string of the molecule is CC(C)(C)OO.CC(OO)c1ccccc1. The molecule has 1 aromatic rings. The summed E-state index contributed by atoms with van der Waals surface area (Å²) in [5.74, 6) is 0. The molecule has 0 aliphatic carbocycles. The predicted octanol–water partition coefficient (Wildman–Crippen LogP) is 3.51. The molecule has 0 saturated carbocycles. The highest BCUT2D eigenvalue weighted by atomic mass is 17.1. The van der Waals surface area contributed by atoms with Crippen LogP contribution in [0, 0.1) is 0 Å². The first-order valence-corrected chi connectivity index (χ1v) is 5.08. The fourth-order valence-electron chi connectivity index (χ4n) is 0.785. The molecule has 0 spiro atoms. The van der Waals surface area contributed by atoms with E-state index in [1.807, 2.05) is 30.3 Å². The second kappa shape index (κ2) is 7.35. The van der Waals surface area contributed by atoms with Gasteiger partial charge in [0.25, 0.3) is 0 Å². The van der Waals surface area contributed by atoms with E-state index in [4.69, 9.17) is 10.5 Å². The summed E-state index contributed by atoms with van der Waals surface area (Å²) in [5, 5.41) is 16.2. The largest absolute Gasteiger partial charge is 0.251 e. The molecule has 16 heavy (non-hydrogen) atoms. The van der Waals surface area contributed by atoms with Gasteiger partial charge in [-0.05, 0) is 33.3 Å². The average Bonchev–Trinajstić information content (AvgIpc) is 2.29. The first-order valence-electron chi connectivity index (χ1n) is 5.08. The van der Waals surface area contributed by atoms with E-state index in [-0.39, 0.29) is 6.10 Å². The van der Waals surface area contributed by atoms with Gasteiger partial charge < -0.3 is 0 Å². The highest BCUT2D eigenvalue weighted by molar-refractivity contribution is 5.16. The molecule has 2 N–H and O–H groups in total. The van der Waals surface area contributed by atoms with Crippen LogP contribution in [0.4, 0.5) is 0 Å². The zero-order valence-corrected chi connectivity index (χ0v) is 10.2. The molecule has 0 fully saturated rings. The summed E-state index contributed by atoms with van der Waals surface area (Å²) in [6.07, 6.45) is -0.235. The van der Waals surface area contributed by atoms with Crippen molar-refractivity contribution in [2.75, 3.05) is 0 Å². The molecule has 0 saturated heterocycles. The van der Waals surface area contributed by atoms with Crippen LogP contribution in [0.5, 0.6) is 0 Å². The van der Waals surface area contributed by atoms with Crippen LogP contribution in [0.3, 0.4) is 0 Å². The third-order valence-corrected chi connectivity index (χ3v) is 1.70. The van der Waals surface area contributed by atoms with Crippen molar-refractivity contribution in [3.8, 4) is 0 Å². The Morgan fingerprint density at radius 2 is 1.50 bits per heavy atom. The summed E-state index contributed by atoms with van der Waals surface area (Å²) in [5.41, 5.74) is 0.574. The van der Waals surface area contributed by atoms with E-state index in [1.165, 1.54) is 0 Å². The molecule has 0 radical (unpaired) electrons. The topological polar surface area (TPSA) is 58.9 Å². The van der Waals surface area contributed by atoms with Gasteiger partial charge >= 0.3 is 0 Å². The van der Waals surface area contributed by atoms with E-state index in [1.54, 1.807) is 27.7 Å². The van der Waals surface area contributed by atoms with Crippen LogP contribution >= 0.6 is 0 Å². The smallest absolute Gasteiger partial charge is 0.115 e. The first-order chi connectivity index (χ1) is 7.40. The van der Waals surface area contributed by atoms with Gasteiger partial charge in [0.15, 0.2) is 0 Å². The molecule has 1 aromatic carbocycles. The van der Waals surface area contributed by atoms with Crippen LogP contribution in [-0.4, -0.2) is 16.1 Å². The van der Waals surface area contributed by atoms with Gasteiger partial charge in [-0.3, -0.25) is 10.5 Å². The van der Waals surface area contributed by atoms with Crippen molar-refractivity contribution in [3.63, 3.8) is 0 Å². The van der Waals surface area contributed by atoms with E-state index in [2.05, 4.69) is 9.78 Å². The highest BCUT2D eigenvalue weighted by Gasteiger charge is 2.07. The van der Waals surface area contributed by atoms with E-state index >= 15 is 0 Å². The van der Waals surface area contributed by atoms with Gasteiger partial charge in [-0.2, -0.15) is 0 Å². The Balaban J connectivity index is 0.000000325. The third kappa shape index (κ3) is 7.36. The maximum absolute atomic E-state index is 8.29. The van der Waals surface area contributed by atoms with Crippen molar-refractivity contribution in [2.24, 2.45) is 0 Å². The molecule has 0 amide bonds. The highest BCUT2D eigenvalue weighted by Crippen LogP contribution is 2.13. The second-order valence-electron chi connectivity index (χ2n) is 4.36. The fourth-order valence-corrected chi connectivity index (χ4v) is 0.785. The van der Waals surface area contributed by atoms with Crippen LogP contribution in [0.1, 0.15) is 39.4 Å². The lowest BCUT2D eigenvalue weighted by Gasteiger charge is -2.10. The molecule has 92 valence electrons. The molecule has 0 bridgehead atoms. The summed E-state index contributed by atoms with van der Waals surface area (Å²) in [6.45, 7) is 7.10. The molecule has 0 aliphatic rings. The quantitative estimate of drug-likeness (QED) is 0.600. The minimum absolute atomic E-state index is 0.235. The Morgan fingerprint density at radius 1 is 1.06 bits per heavy atom. The summed E-state index contributed by atoms with van der Waals surface area (Å²) in [7, 11) is 0. The maximum Gasteiger partial charge on any atom is 0.115 e. The van der Waals surface area contributed by atoms with Gasteiger partial charge in [-0.25, -0.2) is 9.78 Å². The molecule has 1 unspecified atom stereocenters. The molecule has 0 aromatic heterocycles. The Kier molecular flexibility index (Phi) is 6.92. The normalized spacial score (nSPS) is 12.6. The van der Waals surface area contributed by atoms with Crippen LogP contribution in [0.2, 0.25) is 0 Å². The molecule has 4 heteroatoms. The minimum Gasteiger partial charge on any atom is -0.251 e. The van der Waals surface area contributed by atoms with E-state index in [0.29, 0.717) is 0 Å². The Morgan fingerprint density at radius 3 is 1.81 bits per heavy atom. The minimum atomic E-state index is -0.403. The lowest BCUT2D eigenvalue weighted by Crippen LogP contribution is -2.15. The summed E-state index contributed by atoms with van der Waals surface area (Å²) in [6, 6.07) is 9.55. The first kappa shape index (κ1) is 15.1. The third-order valence-electron chi connectivity index (χ3n) is 1.70. The molecule has 1 rings (SSSR count). The van der Waals surface area contributed by atoms with Crippen molar-refractivity contribution >= 4 is 0 Å². The predicted molar refractivity (Wildman–Crippen MR) is 62.0 cm³/mol. The van der Waals surface area contributed by atoms with Gasteiger partial charge in [0, 0.05) is 0 Å². The van der Waals surface area contributed by atoms with Gasteiger partial charge in [0.2, 0.25) is 0 Å². The number of rotatable bonds is 2. The standard InChI is InChI=1S/C8H10O2.C4H10O2/c1-7(10-9)8-5-3-2-4-6-8;1-4(2,3)6-5/h2-7,9H,1H3;5H,1-3H3. The Hall–Kier alpha value is -0.940. The lowest BCUT2D eigenvalue weighted by molar-refractivity contribution is -0.306. The Bertz CT molecular complexity index is 266. The summed E-state index contributed by atoms with van der Waals surface area (Å²) >= 11 is 0. The monoisotopic (exact) mass is 228 g/mol. The summed E-state index contributed by atoms with van der Waals surface area (Å²) in [4.78, 5) is 8.07. The summed E-state index contributed by atoms with van der Waals surface area (Å²) < 4.78 is 0. The number of benzene rings is 1. The Labute approximate surface area is 96.3 Å².